The molecule has 0 saturated heterocycles. The van der Waals surface area contributed by atoms with E-state index in [1.165, 1.54) is 12.1 Å². The van der Waals surface area contributed by atoms with Gasteiger partial charge in [-0.15, -0.1) is 0 Å². The molecular formula is C28H32FN3O2. The van der Waals surface area contributed by atoms with Gasteiger partial charge in [-0.1, -0.05) is 51.5 Å². The molecular weight excluding hydrogens is 429 g/mol. The van der Waals surface area contributed by atoms with Crippen LogP contribution in [-0.4, -0.2) is 34.4 Å². The largest absolute Gasteiger partial charge is 0.333 e. The number of para-hydroxylation sites is 2. The summed E-state index contributed by atoms with van der Waals surface area (Å²) in [7, 11) is 0. The van der Waals surface area contributed by atoms with E-state index in [4.69, 9.17) is 0 Å². The van der Waals surface area contributed by atoms with Crippen LogP contribution in [0.2, 0.25) is 0 Å². The lowest BCUT2D eigenvalue weighted by Gasteiger charge is -2.39. The van der Waals surface area contributed by atoms with Crippen LogP contribution < -0.4 is 4.90 Å². The summed E-state index contributed by atoms with van der Waals surface area (Å²) in [5.74, 6) is -0.248. The number of amides is 2. The number of rotatable bonds is 8. The fraction of sp³-hybridized carbons (Fsp3) is 0.357. The highest BCUT2D eigenvalue weighted by atomic mass is 19.1. The van der Waals surface area contributed by atoms with Gasteiger partial charge in [-0.25, -0.2) is 4.39 Å². The number of carbonyl (C=O) groups excluding carboxylic acids is 2. The summed E-state index contributed by atoms with van der Waals surface area (Å²) >= 11 is 0. The Hall–Kier alpha value is -3.41. The summed E-state index contributed by atoms with van der Waals surface area (Å²) in [6.45, 7) is 6.67. The molecule has 2 aromatic carbocycles. The number of fused-ring (bicyclic) bond motifs is 3. The highest BCUT2D eigenvalue weighted by Gasteiger charge is 2.36. The molecule has 1 aliphatic heterocycles. The van der Waals surface area contributed by atoms with E-state index in [-0.39, 0.29) is 30.1 Å². The van der Waals surface area contributed by atoms with Gasteiger partial charge in [-0.05, 0) is 54.3 Å². The van der Waals surface area contributed by atoms with Crippen molar-refractivity contribution < 1.29 is 14.0 Å². The van der Waals surface area contributed by atoms with Gasteiger partial charge in [0.05, 0.1) is 17.1 Å². The van der Waals surface area contributed by atoms with Gasteiger partial charge in [-0.3, -0.25) is 14.5 Å². The molecule has 1 aromatic heterocycles. The summed E-state index contributed by atoms with van der Waals surface area (Å²) in [6.07, 6.45) is 4.18. The molecule has 34 heavy (non-hydrogen) atoms. The fourth-order valence-corrected chi connectivity index (χ4v) is 4.58. The van der Waals surface area contributed by atoms with E-state index in [9.17, 15) is 14.0 Å². The molecule has 3 aromatic rings. The normalized spacial score (nSPS) is 14.6. The Kier molecular flexibility index (Phi) is 7.15. The number of anilines is 1. The van der Waals surface area contributed by atoms with Crippen LogP contribution in [-0.2, 0) is 9.59 Å². The summed E-state index contributed by atoms with van der Waals surface area (Å²) < 4.78 is 15.8. The van der Waals surface area contributed by atoms with Crippen LogP contribution >= 0.6 is 0 Å². The van der Waals surface area contributed by atoms with Crippen LogP contribution in [0.3, 0.4) is 0 Å². The fourth-order valence-electron chi connectivity index (χ4n) is 4.58. The summed E-state index contributed by atoms with van der Waals surface area (Å²) in [5, 5.41) is 0. The lowest BCUT2D eigenvalue weighted by Crippen LogP contribution is -2.47. The van der Waals surface area contributed by atoms with Crippen molar-refractivity contribution in [2.24, 2.45) is 5.92 Å². The molecule has 6 heteroatoms. The first kappa shape index (κ1) is 23.7. The molecule has 0 N–H and O–H groups in total. The SMILES string of the molecule is CCCCN(CC(=O)N1c2ccccc2-n2cccc2C1c1ccc(F)cc1)C(=O)CC(C)C. The number of hydrogen-bond acceptors (Lipinski definition) is 2. The first-order chi connectivity index (χ1) is 16.4. The zero-order valence-corrected chi connectivity index (χ0v) is 20.1. The zero-order chi connectivity index (χ0) is 24.2. The van der Waals surface area contributed by atoms with E-state index in [1.807, 2.05) is 56.4 Å². The first-order valence-corrected chi connectivity index (χ1v) is 12.0. The molecule has 1 aliphatic rings. The van der Waals surface area contributed by atoms with Crippen LogP contribution in [0.15, 0.2) is 66.9 Å². The van der Waals surface area contributed by atoms with E-state index in [0.29, 0.717) is 13.0 Å². The zero-order valence-electron chi connectivity index (χ0n) is 20.1. The topological polar surface area (TPSA) is 45.6 Å². The van der Waals surface area contributed by atoms with Crippen LogP contribution in [0.4, 0.5) is 10.1 Å². The third kappa shape index (κ3) is 4.76. The molecule has 1 atom stereocenters. The van der Waals surface area contributed by atoms with Crippen molar-refractivity contribution in [2.45, 2.75) is 46.1 Å². The van der Waals surface area contributed by atoms with Crippen LogP contribution in [0, 0.1) is 11.7 Å². The first-order valence-electron chi connectivity index (χ1n) is 12.0. The molecule has 0 saturated carbocycles. The second kappa shape index (κ2) is 10.2. The molecule has 2 heterocycles. The molecule has 0 aliphatic carbocycles. The van der Waals surface area contributed by atoms with Crippen molar-refractivity contribution in [3.8, 4) is 5.69 Å². The average Bonchev–Trinajstić information content (AvgIpc) is 3.31. The quantitative estimate of drug-likeness (QED) is 0.430. The number of benzene rings is 2. The van der Waals surface area contributed by atoms with Gasteiger partial charge in [0.1, 0.15) is 18.4 Å². The Morgan fingerprint density at radius 1 is 1.00 bits per heavy atom. The van der Waals surface area contributed by atoms with Crippen molar-refractivity contribution in [2.75, 3.05) is 18.0 Å². The third-order valence-electron chi connectivity index (χ3n) is 6.22. The predicted octanol–water partition coefficient (Wildman–Crippen LogP) is 5.73. The number of unbranched alkanes of at least 4 members (excludes halogenated alkanes) is 1. The maximum Gasteiger partial charge on any atom is 0.247 e. The second-order valence-corrected chi connectivity index (χ2v) is 9.28. The maximum atomic E-state index is 14.0. The molecule has 0 fully saturated rings. The maximum absolute atomic E-state index is 14.0. The van der Waals surface area contributed by atoms with Gasteiger partial charge in [0.15, 0.2) is 0 Å². The van der Waals surface area contributed by atoms with Crippen molar-refractivity contribution in [1.29, 1.82) is 0 Å². The smallest absolute Gasteiger partial charge is 0.247 e. The van der Waals surface area contributed by atoms with E-state index in [1.54, 1.807) is 21.9 Å². The monoisotopic (exact) mass is 461 g/mol. The Bertz CT molecular complexity index is 1150. The summed E-state index contributed by atoms with van der Waals surface area (Å²) in [4.78, 5) is 30.4. The Labute approximate surface area is 200 Å². The standard InChI is InChI=1S/C28H32FN3O2/c1-4-5-16-30(26(33)18-20(2)3)19-27(34)32-24-10-7-6-9-23(24)31-17-8-11-25(31)28(32)21-12-14-22(29)15-13-21/h6-15,17,20,28H,4-5,16,18-19H2,1-3H3. The molecule has 0 spiro atoms. The molecule has 178 valence electrons. The molecule has 1 unspecified atom stereocenters. The Morgan fingerprint density at radius 2 is 1.71 bits per heavy atom. The van der Waals surface area contributed by atoms with Gasteiger partial charge < -0.3 is 9.47 Å². The van der Waals surface area contributed by atoms with Gasteiger partial charge in [0.2, 0.25) is 11.8 Å². The highest BCUT2D eigenvalue weighted by molar-refractivity contribution is 6.00. The lowest BCUT2D eigenvalue weighted by molar-refractivity contribution is -0.136. The minimum Gasteiger partial charge on any atom is -0.333 e. The molecule has 4 rings (SSSR count). The van der Waals surface area contributed by atoms with E-state index in [2.05, 4.69) is 11.5 Å². The van der Waals surface area contributed by atoms with Crippen LogP contribution in [0.25, 0.3) is 5.69 Å². The average molecular weight is 462 g/mol. The van der Waals surface area contributed by atoms with Crippen molar-refractivity contribution in [1.82, 2.24) is 9.47 Å². The Balaban J connectivity index is 1.75. The summed E-state index contributed by atoms with van der Waals surface area (Å²) in [5.41, 5.74) is 3.42. The number of carbonyl (C=O) groups is 2. The van der Waals surface area contributed by atoms with E-state index >= 15 is 0 Å². The number of hydrogen-bond donors (Lipinski definition) is 0. The second-order valence-electron chi connectivity index (χ2n) is 9.28. The van der Waals surface area contributed by atoms with Crippen molar-refractivity contribution in [3.05, 3.63) is 83.9 Å². The number of halogens is 1. The minimum absolute atomic E-state index is 0.00352. The predicted molar refractivity (Wildman–Crippen MR) is 132 cm³/mol. The number of aromatic nitrogens is 1. The number of nitrogens with zero attached hydrogens (tertiary/aromatic N) is 3. The molecule has 0 radical (unpaired) electrons. The van der Waals surface area contributed by atoms with Crippen molar-refractivity contribution in [3.63, 3.8) is 0 Å². The van der Waals surface area contributed by atoms with E-state index in [0.717, 1.165) is 35.5 Å². The van der Waals surface area contributed by atoms with Crippen molar-refractivity contribution >= 4 is 17.5 Å². The lowest BCUT2D eigenvalue weighted by atomic mass is 9.97. The minimum atomic E-state index is -0.425. The van der Waals surface area contributed by atoms with Gasteiger partial charge in [0.25, 0.3) is 0 Å². The summed E-state index contributed by atoms with van der Waals surface area (Å²) in [6, 6.07) is 17.6. The third-order valence-corrected chi connectivity index (χ3v) is 6.22. The highest BCUT2D eigenvalue weighted by Crippen LogP contribution is 2.42. The van der Waals surface area contributed by atoms with Gasteiger partial charge in [-0.2, -0.15) is 0 Å². The van der Waals surface area contributed by atoms with Crippen LogP contribution in [0.5, 0.6) is 0 Å². The molecule has 5 nitrogen and oxygen atoms in total. The molecule has 0 bridgehead atoms. The van der Waals surface area contributed by atoms with E-state index < -0.39 is 6.04 Å². The van der Waals surface area contributed by atoms with Crippen LogP contribution in [0.1, 0.15) is 57.3 Å². The Morgan fingerprint density at radius 3 is 2.38 bits per heavy atom. The molecule has 2 amide bonds. The van der Waals surface area contributed by atoms with Gasteiger partial charge >= 0.3 is 0 Å². The van der Waals surface area contributed by atoms with Gasteiger partial charge in [0, 0.05) is 19.2 Å².